The topological polar surface area (TPSA) is 71.1 Å². The van der Waals surface area contributed by atoms with Crippen molar-refractivity contribution < 1.29 is 28.2 Å². The van der Waals surface area contributed by atoms with Crippen LogP contribution in [0, 0.1) is 0 Å². The van der Waals surface area contributed by atoms with E-state index in [1.165, 1.54) is 20.1 Å². The summed E-state index contributed by atoms with van der Waals surface area (Å²) in [6.07, 6.45) is 1.18. The maximum absolute atomic E-state index is 11.4. The van der Waals surface area contributed by atoms with E-state index in [0.29, 0.717) is 17.7 Å². The van der Waals surface area contributed by atoms with Gasteiger partial charge in [-0.05, 0) is 17.2 Å². The zero-order valence-electron chi connectivity index (χ0n) is 14.7. The molecule has 0 N–H and O–H groups in total. The summed E-state index contributed by atoms with van der Waals surface area (Å²) in [4.78, 5) is 22.6. The van der Waals surface area contributed by atoms with Gasteiger partial charge in [0.1, 0.15) is 0 Å². The molecule has 0 aromatic carbocycles. The van der Waals surface area contributed by atoms with E-state index in [1.54, 1.807) is 6.08 Å². The van der Waals surface area contributed by atoms with Crippen molar-refractivity contribution in [2.45, 2.75) is 70.9 Å². The van der Waals surface area contributed by atoms with Crippen LogP contribution in [0.4, 0.5) is 0 Å². The number of esters is 2. The molecule has 131 valence electrons. The average Bonchev–Trinajstić information content (AvgIpc) is 2.40. The molecule has 0 aromatic heterocycles. The van der Waals surface area contributed by atoms with Gasteiger partial charge < -0.3 is 18.6 Å². The normalized spacial score (nSPS) is 24.0. The first-order valence-electron chi connectivity index (χ1n) is 7.88. The molecular formula is C16H27O6Si. The first-order valence-corrected chi connectivity index (χ1v) is 9.44. The van der Waals surface area contributed by atoms with Crippen LogP contribution >= 0.6 is 0 Å². The molecule has 2 unspecified atom stereocenters. The Balaban J connectivity index is 2.79. The number of carbonyl (C=O) groups excluding carboxylic acids is 2. The van der Waals surface area contributed by atoms with Gasteiger partial charge in [0.05, 0.1) is 12.9 Å². The molecule has 0 amide bonds. The second kappa shape index (κ2) is 9.07. The number of hydrogen-bond donors (Lipinski definition) is 0. The highest BCUT2D eigenvalue weighted by atomic mass is 28.3. The molecule has 0 saturated carbocycles. The van der Waals surface area contributed by atoms with Crippen molar-refractivity contribution >= 4 is 21.0 Å². The molecule has 0 aliphatic carbocycles. The maximum Gasteiger partial charge on any atom is 0.303 e. The van der Waals surface area contributed by atoms with E-state index in [0.717, 1.165) is 0 Å². The van der Waals surface area contributed by atoms with Crippen molar-refractivity contribution in [2.75, 3.05) is 6.61 Å². The fourth-order valence-electron chi connectivity index (χ4n) is 2.57. The first kappa shape index (κ1) is 19.7. The lowest BCUT2D eigenvalue weighted by Crippen LogP contribution is -2.48. The number of hydrogen-bond acceptors (Lipinski definition) is 6. The van der Waals surface area contributed by atoms with E-state index in [2.05, 4.69) is 27.7 Å². The molecule has 0 bridgehead atoms. The standard InChI is InChI=1S/C16H27O6Si/c1-10(2)23(11(3)4)20-9-15-16(22-13(6)18)14(7-8-19-15)21-12(5)17/h7-8,10-11,14-16H,9H2,1-6H3/t14?,15?,16-/m0/s1. The van der Waals surface area contributed by atoms with Gasteiger partial charge >= 0.3 is 11.9 Å². The molecule has 0 fully saturated rings. The van der Waals surface area contributed by atoms with Gasteiger partial charge in [0.2, 0.25) is 9.04 Å². The van der Waals surface area contributed by atoms with Gasteiger partial charge in [0, 0.05) is 13.8 Å². The fraction of sp³-hybridized carbons (Fsp3) is 0.750. The number of ether oxygens (including phenoxy) is 3. The van der Waals surface area contributed by atoms with Crippen molar-refractivity contribution in [2.24, 2.45) is 0 Å². The maximum atomic E-state index is 11.4. The molecule has 1 aliphatic heterocycles. The zero-order valence-corrected chi connectivity index (χ0v) is 15.7. The van der Waals surface area contributed by atoms with Crippen LogP contribution in [0.2, 0.25) is 11.1 Å². The lowest BCUT2D eigenvalue weighted by molar-refractivity contribution is -0.175. The molecule has 7 heteroatoms. The molecule has 23 heavy (non-hydrogen) atoms. The van der Waals surface area contributed by atoms with Crippen LogP contribution in [0.1, 0.15) is 41.5 Å². The number of carbonyl (C=O) groups is 2. The molecule has 0 aromatic rings. The van der Waals surface area contributed by atoms with Crippen LogP contribution in [-0.4, -0.2) is 45.9 Å². The van der Waals surface area contributed by atoms with Gasteiger partial charge in [0.15, 0.2) is 18.3 Å². The minimum atomic E-state index is -1.02. The highest BCUT2D eigenvalue weighted by Crippen LogP contribution is 2.24. The van der Waals surface area contributed by atoms with Gasteiger partial charge in [-0.15, -0.1) is 0 Å². The first-order chi connectivity index (χ1) is 10.7. The average molecular weight is 343 g/mol. The molecule has 3 atom stereocenters. The van der Waals surface area contributed by atoms with Crippen molar-refractivity contribution in [3.05, 3.63) is 12.3 Å². The molecule has 1 aliphatic rings. The van der Waals surface area contributed by atoms with Crippen LogP contribution in [0.5, 0.6) is 0 Å². The smallest absolute Gasteiger partial charge is 0.303 e. The molecule has 1 rings (SSSR count). The van der Waals surface area contributed by atoms with Gasteiger partial charge in [-0.25, -0.2) is 0 Å². The van der Waals surface area contributed by atoms with Gasteiger partial charge in [-0.3, -0.25) is 9.59 Å². The van der Waals surface area contributed by atoms with E-state index in [-0.39, 0.29) is 0 Å². The third-order valence-corrected chi connectivity index (χ3v) is 6.14. The van der Waals surface area contributed by atoms with Gasteiger partial charge in [-0.1, -0.05) is 27.7 Å². The van der Waals surface area contributed by atoms with Crippen LogP contribution in [-0.2, 0) is 28.2 Å². The molecule has 6 nitrogen and oxygen atoms in total. The fourth-order valence-corrected chi connectivity index (χ4v) is 4.92. The third-order valence-electron chi connectivity index (χ3n) is 3.37. The van der Waals surface area contributed by atoms with Crippen LogP contribution in [0.15, 0.2) is 12.3 Å². The summed E-state index contributed by atoms with van der Waals surface area (Å²) in [5, 5.41) is 0. The van der Waals surface area contributed by atoms with Crippen molar-refractivity contribution in [1.82, 2.24) is 0 Å². The summed E-state index contributed by atoms with van der Waals surface area (Å²) in [5.74, 6) is -0.887. The summed E-state index contributed by atoms with van der Waals surface area (Å²) in [7, 11) is -1.02. The van der Waals surface area contributed by atoms with Gasteiger partial charge in [-0.2, -0.15) is 0 Å². The van der Waals surface area contributed by atoms with Crippen molar-refractivity contribution in [3.8, 4) is 0 Å². The molecule has 0 saturated heterocycles. The summed E-state index contributed by atoms with van der Waals surface area (Å²) < 4.78 is 22.2. The Kier molecular flexibility index (Phi) is 7.77. The minimum absolute atomic E-state index is 0.296. The lowest BCUT2D eigenvalue weighted by atomic mass is 10.1. The van der Waals surface area contributed by atoms with Crippen LogP contribution in [0.3, 0.4) is 0 Å². The molecular weight excluding hydrogens is 316 g/mol. The van der Waals surface area contributed by atoms with E-state index in [9.17, 15) is 9.59 Å². The van der Waals surface area contributed by atoms with Crippen LogP contribution < -0.4 is 0 Å². The highest BCUT2D eigenvalue weighted by Gasteiger charge is 2.38. The quantitative estimate of drug-likeness (QED) is 0.523. The monoisotopic (exact) mass is 343 g/mol. The Hall–Kier alpha value is -1.34. The van der Waals surface area contributed by atoms with Crippen molar-refractivity contribution in [3.63, 3.8) is 0 Å². The molecule has 1 heterocycles. The van der Waals surface area contributed by atoms with Gasteiger partial charge in [0.25, 0.3) is 0 Å². The minimum Gasteiger partial charge on any atom is -0.492 e. The van der Waals surface area contributed by atoms with E-state index in [1.807, 2.05) is 0 Å². The SMILES string of the molecule is CC(=O)OC1C=COC(CO[Si](C(C)C)C(C)C)[C@H]1OC(C)=O. The lowest BCUT2D eigenvalue weighted by Gasteiger charge is -2.34. The predicted octanol–water partition coefficient (Wildman–Crippen LogP) is 2.59. The summed E-state index contributed by atoms with van der Waals surface area (Å²) in [5.41, 5.74) is 0.908. The largest absolute Gasteiger partial charge is 0.492 e. The second-order valence-electron chi connectivity index (χ2n) is 6.17. The summed E-state index contributed by atoms with van der Waals surface area (Å²) >= 11 is 0. The Morgan fingerprint density at radius 3 is 2.13 bits per heavy atom. The Morgan fingerprint density at radius 2 is 1.65 bits per heavy atom. The summed E-state index contributed by atoms with van der Waals surface area (Å²) in [6, 6.07) is 0. The Labute approximate surface area is 139 Å². The highest BCUT2D eigenvalue weighted by molar-refractivity contribution is 6.54. The zero-order chi connectivity index (χ0) is 17.6. The van der Waals surface area contributed by atoms with E-state index >= 15 is 0 Å². The number of rotatable bonds is 7. The van der Waals surface area contributed by atoms with Crippen molar-refractivity contribution in [1.29, 1.82) is 0 Å². The molecule has 1 radical (unpaired) electrons. The summed E-state index contributed by atoms with van der Waals surface area (Å²) in [6.45, 7) is 11.5. The predicted molar refractivity (Wildman–Crippen MR) is 87.0 cm³/mol. The van der Waals surface area contributed by atoms with Crippen LogP contribution in [0.25, 0.3) is 0 Å². The Bertz CT molecular complexity index is 426. The Morgan fingerprint density at radius 1 is 1.09 bits per heavy atom. The van der Waals surface area contributed by atoms with E-state index in [4.69, 9.17) is 18.6 Å². The third kappa shape index (κ3) is 6.35. The molecule has 0 spiro atoms. The van der Waals surface area contributed by atoms with E-state index < -0.39 is 39.3 Å². The second-order valence-corrected chi connectivity index (χ2v) is 9.58.